The summed E-state index contributed by atoms with van der Waals surface area (Å²) in [6, 6.07) is 17.9. The average Bonchev–Trinajstić information content (AvgIpc) is 3.63. The lowest BCUT2D eigenvalue weighted by molar-refractivity contribution is -0.0201. The molecule has 1 aliphatic carbocycles. The molecule has 1 N–H and O–H groups in total. The first-order valence-electron chi connectivity index (χ1n) is 13.9. The summed E-state index contributed by atoms with van der Waals surface area (Å²) in [6.07, 6.45) is 7.18. The second kappa shape index (κ2) is 10.4. The van der Waals surface area contributed by atoms with Crippen molar-refractivity contribution in [2.45, 2.75) is 76.0 Å². The Morgan fingerprint density at radius 3 is 2.59 bits per heavy atom. The van der Waals surface area contributed by atoms with E-state index in [0.717, 1.165) is 47.4 Å². The zero-order chi connectivity index (χ0) is 27.0. The summed E-state index contributed by atoms with van der Waals surface area (Å²) >= 11 is 0. The fraction of sp³-hybridized carbons (Fsp3) is 0.419. The number of hydrogen-bond acceptors (Lipinski definition) is 6. The SMILES string of the molecule is CCCc1c(Cc2ccc(-c3ccccc3C#N)cc2)c(=O)n([C@H]2CC[C@](O)(CC3CO3)CC2)c2ncnn12. The van der Waals surface area contributed by atoms with Gasteiger partial charge in [0.1, 0.15) is 6.33 Å². The molecule has 200 valence electrons. The number of rotatable bonds is 8. The first-order valence-corrected chi connectivity index (χ1v) is 13.9. The van der Waals surface area contributed by atoms with Crippen LogP contribution in [0.1, 0.15) is 73.9 Å². The van der Waals surface area contributed by atoms with Crippen LogP contribution in [0.3, 0.4) is 0 Å². The van der Waals surface area contributed by atoms with Gasteiger partial charge in [0, 0.05) is 24.4 Å². The molecule has 3 heterocycles. The van der Waals surface area contributed by atoms with Crippen molar-refractivity contribution in [1.29, 1.82) is 5.26 Å². The minimum atomic E-state index is -0.720. The molecule has 0 radical (unpaired) electrons. The summed E-state index contributed by atoms with van der Waals surface area (Å²) < 4.78 is 9.03. The highest BCUT2D eigenvalue weighted by Crippen LogP contribution is 2.39. The molecule has 1 saturated heterocycles. The second-order valence-electron chi connectivity index (χ2n) is 11.0. The first-order chi connectivity index (χ1) is 19.0. The van der Waals surface area contributed by atoms with Crippen molar-refractivity contribution in [2.75, 3.05) is 6.61 Å². The summed E-state index contributed by atoms with van der Waals surface area (Å²) in [5, 5.41) is 25.1. The summed E-state index contributed by atoms with van der Waals surface area (Å²) in [5.41, 5.74) is 4.45. The zero-order valence-corrected chi connectivity index (χ0v) is 22.2. The zero-order valence-electron chi connectivity index (χ0n) is 22.2. The van der Waals surface area contributed by atoms with E-state index in [-0.39, 0.29) is 17.7 Å². The van der Waals surface area contributed by atoms with Crippen molar-refractivity contribution in [1.82, 2.24) is 19.2 Å². The Kier molecular flexibility index (Phi) is 6.79. The second-order valence-corrected chi connectivity index (χ2v) is 11.0. The minimum Gasteiger partial charge on any atom is -0.390 e. The normalized spacial score (nSPS) is 22.6. The number of nitrogens with zero attached hydrogens (tertiary/aromatic N) is 5. The molecular weight excluding hydrogens is 490 g/mol. The van der Waals surface area contributed by atoms with Crippen LogP contribution in [0.4, 0.5) is 0 Å². The molecule has 2 aromatic heterocycles. The summed E-state index contributed by atoms with van der Waals surface area (Å²) in [6.45, 7) is 2.84. The number of epoxide rings is 1. The Morgan fingerprint density at radius 1 is 1.15 bits per heavy atom. The molecule has 0 amide bonds. The fourth-order valence-electron chi connectivity index (χ4n) is 6.13. The van der Waals surface area contributed by atoms with Crippen LogP contribution in [-0.2, 0) is 17.6 Å². The molecule has 6 rings (SSSR count). The number of aromatic nitrogens is 4. The molecule has 39 heavy (non-hydrogen) atoms. The van der Waals surface area contributed by atoms with E-state index in [2.05, 4.69) is 23.1 Å². The number of aliphatic hydroxyl groups is 1. The maximum atomic E-state index is 14.2. The molecule has 1 unspecified atom stereocenters. The van der Waals surface area contributed by atoms with Crippen molar-refractivity contribution >= 4 is 5.78 Å². The molecule has 2 aromatic carbocycles. The van der Waals surface area contributed by atoms with Crippen molar-refractivity contribution < 1.29 is 9.84 Å². The van der Waals surface area contributed by atoms with Gasteiger partial charge < -0.3 is 9.84 Å². The predicted octanol–water partition coefficient (Wildman–Crippen LogP) is 4.61. The van der Waals surface area contributed by atoms with E-state index < -0.39 is 5.60 Å². The van der Waals surface area contributed by atoms with Crippen molar-refractivity contribution in [3.63, 3.8) is 0 Å². The van der Waals surface area contributed by atoms with Gasteiger partial charge in [-0.3, -0.25) is 9.36 Å². The number of fused-ring (bicyclic) bond motifs is 1. The lowest BCUT2D eigenvalue weighted by atomic mass is 9.79. The highest BCUT2D eigenvalue weighted by molar-refractivity contribution is 5.70. The molecule has 2 aliphatic rings. The van der Waals surface area contributed by atoms with Crippen LogP contribution in [0, 0.1) is 11.3 Å². The lowest BCUT2D eigenvalue weighted by Gasteiger charge is -2.36. The van der Waals surface area contributed by atoms with E-state index in [9.17, 15) is 15.2 Å². The van der Waals surface area contributed by atoms with Crippen molar-refractivity contribution in [3.8, 4) is 17.2 Å². The van der Waals surface area contributed by atoms with E-state index in [1.807, 2.05) is 57.6 Å². The van der Waals surface area contributed by atoms with Gasteiger partial charge in [-0.15, -0.1) is 0 Å². The predicted molar refractivity (Wildman–Crippen MR) is 147 cm³/mol. The molecule has 2 fully saturated rings. The molecule has 1 atom stereocenters. The molecule has 0 spiro atoms. The quantitative estimate of drug-likeness (QED) is 0.338. The Balaban J connectivity index is 1.34. The monoisotopic (exact) mass is 523 g/mol. The number of ether oxygens (including phenoxy) is 1. The van der Waals surface area contributed by atoms with Crippen LogP contribution in [-0.4, -0.2) is 42.6 Å². The average molecular weight is 524 g/mol. The van der Waals surface area contributed by atoms with Crippen LogP contribution in [0.5, 0.6) is 0 Å². The maximum absolute atomic E-state index is 14.2. The molecule has 1 aliphatic heterocycles. The number of nitriles is 1. The highest BCUT2D eigenvalue weighted by atomic mass is 16.6. The van der Waals surface area contributed by atoms with Gasteiger partial charge in [-0.2, -0.15) is 15.3 Å². The Hall–Kier alpha value is -3.80. The molecule has 0 bridgehead atoms. The fourth-order valence-corrected chi connectivity index (χ4v) is 6.13. The molecule has 4 aromatic rings. The number of benzene rings is 2. The lowest BCUT2D eigenvalue weighted by Crippen LogP contribution is -2.39. The Morgan fingerprint density at radius 2 is 1.90 bits per heavy atom. The Labute approximate surface area is 227 Å². The van der Waals surface area contributed by atoms with E-state index in [0.29, 0.717) is 49.9 Å². The molecule has 8 nitrogen and oxygen atoms in total. The summed E-state index contributed by atoms with van der Waals surface area (Å²) in [4.78, 5) is 18.7. The summed E-state index contributed by atoms with van der Waals surface area (Å²) in [5.74, 6) is 0.580. The van der Waals surface area contributed by atoms with E-state index in [1.165, 1.54) is 6.33 Å². The minimum absolute atomic E-state index is 0.0150. The molecular formula is C31H33N5O3. The van der Waals surface area contributed by atoms with Crippen LogP contribution >= 0.6 is 0 Å². The molecule has 8 heteroatoms. The van der Waals surface area contributed by atoms with Gasteiger partial charge in [0.05, 0.1) is 35.6 Å². The third-order valence-corrected chi connectivity index (χ3v) is 8.27. The van der Waals surface area contributed by atoms with Crippen molar-refractivity contribution in [2.24, 2.45) is 0 Å². The van der Waals surface area contributed by atoms with Crippen LogP contribution < -0.4 is 5.56 Å². The van der Waals surface area contributed by atoms with Gasteiger partial charge in [-0.05, 0) is 54.9 Å². The third kappa shape index (κ3) is 5.00. The van der Waals surface area contributed by atoms with Gasteiger partial charge in [-0.1, -0.05) is 55.8 Å². The highest BCUT2D eigenvalue weighted by Gasteiger charge is 2.40. The van der Waals surface area contributed by atoms with Gasteiger partial charge in [0.2, 0.25) is 5.78 Å². The Bertz CT molecular complexity index is 1590. The topological polar surface area (TPSA) is 109 Å². The van der Waals surface area contributed by atoms with Crippen LogP contribution in [0.15, 0.2) is 59.7 Å². The number of aryl methyl sites for hydroxylation is 1. The number of hydrogen-bond donors (Lipinski definition) is 1. The standard InChI is InChI=1S/C31H33N5O3/c1-2-5-28-27(16-21-8-10-22(11-9-21)26-7-4-3-6-23(26)18-32)29(37)35(30-33-20-34-36(28)30)24-12-14-31(38,15-13-24)17-25-19-39-25/h3-4,6-11,20,24-25,38H,2,5,12-17,19H2,1H3/t24-,25?,31+. The van der Waals surface area contributed by atoms with Crippen LogP contribution in [0.2, 0.25) is 0 Å². The van der Waals surface area contributed by atoms with E-state index >= 15 is 0 Å². The van der Waals surface area contributed by atoms with Gasteiger partial charge in [-0.25, -0.2) is 4.52 Å². The smallest absolute Gasteiger partial charge is 0.259 e. The summed E-state index contributed by atoms with van der Waals surface area (Å²) in [7, 11) is 0. The maximum Gasteiger partial charge on any atom is 0.259 e. The van der Waals surface area contributed by atoms with Gasteiger partial charge >= 0.3 is 0 Å². The van der Waals surface area contributed by atoms with Gasteiger partial charge in [0.15, 0.2) is 0 Å². The van der Waals surface area contributed by atoms with Crippen molar-refractivity contribution in [3.05, 3.63) is 87.6 Å². The van der Waals surface area contributed by atoms with E-state index in [4.69, 9.17) is 4.74 Å². The first kappa shape index (κ1) is 25.5. The van der Waals surface area contributed by atoms with Crippen LogP contribution in [0.25, 0.3) is 16.9 Å². The molecule has 1 saturated carbocycles. The largest absolute Gasteiger partial charge is 0.390 e. The van der Waals surface area contributed by atoms with E-state index in [1.54, 1.807) is 0 Å². The third-order valence-electron chi connectivity index (χ3n) is 8.27. The van der Waals surface area contributed by atoms with Gasteiger partial charge in [0.25, 0.3) is 5.56 Å².